The number of carbonyl (C=O) groups excluding carboxylic acids is 1. The summed E-state index contributed by atoms with van der Waals surface area (Å²) in [6.45, 7) is 3.22. The van der Waals surface area contributed by atoms with Gasteiger partial charge in [-0.3, -0.25) is 9.59 Å². The Morgan fingerprint density at radius 2 is 2.10 bits per heavy atom. The molecule has 0 aliphatic heterocycles. The monoisotopic (exact) mass is 286 g/mol. The molecule has 0 amide bonds. The van der Waals surface area contributed by atoms with Gasteiger partial charge in [0.15, 0.2) is 5.78 Å². The molecule has 110 valence electrons. The highest BCUT2D eigenvalue weighted by Crippen LogP contribution is 2.20. The molecule has 0 saturated carbocycles. The van der Waals surface area contributed by atoms with Gasteiger partial charge < -0.3 is 4.57 Å². The Kier molecular flexibility index (Phi) is 3.68. The molecule has 0 spiro atoms. The maximum absolute atomic E-state index is 12.2. The van der Waals surface area contributed by atoms with Crippen LogP contribution in [0, 0.1) is 0 Å². The molecule has 0 fully saturated rings. The first-order valence-corrected chi connectivity index (χ1v) is 7.33. The Hall–Kier alpha value is -2.24. The molecule has 0 unspecified atom stereocenters. The van der Waals surface area contributed by atoms with Crippen LogP contribution in [0.5, 0.6) is 0 Å². The minimum absolute atomic E-state index is 0.0884. The molecule has 2 aromatic heterocycles. The lowest BCUT2D eigenvalue weighted by Gasteiger charge is -2.19. The zero-order chi connectivity index (χ0) is 14.8. The smallest absolute Gasteiger partial charge is 0.251 e. The maximum Gasteiger partial charge on any atom is 0.251 e. The van der Waals surface area contributed by atoms with E-state index in [-0.39, 0.29) is 11.3 Å². The summed E-state index contributed by atoms with van der Waals surface area (Å²) in [5.41, 5.74) is 1.43. The van der Waals surface area contributed by atoms with Gasteiger partial charge in [-0.25, -0.2) is 9.67 Å². The number of ketones is 1. The second-order valence-corrected chi connectivity index (χ2v) is 5.29. The lowest BCUT2D eigenvalue weighted by atomic mass is 9.94. The highest BCUT2D eigenvalue weighted by Gasteiger charge is 2.21. The van der Waals surface area contributed by atoms with Gasteiger partial charge in [-0.2, -0.15) is 5.10 Å². The van der Waals surface area contributed by atoms with Gasteiger partial charge in [-0.05, 0) is 25.3 Å². The molecule has 1 aliphatic carbocycles. The summed E-state index contributed by atoms with van der Waals surface area (Å²) in [4.78, 5) is 28.4. The van der Waals surface area contributed by atoms with E-state index in [0.717, 1.165) is 37.3 Å². The first kappa shape index (κ1) is 13.7. The second kappa shape index (κ2) is 5.63. The van der Waals surface area contributed by atoms with Gasteiger partial charge in [-0.15, -0.1) is 0 Å². The molecule has 0 N–H and O–H groups in total. The van der Waals surface area contributed by atoms with Crippen LogP contribution in [0.1, 0.15) is 48.1 Å². The molecule has 2 heterocycles. The fourth-order valence-electron chi connectivity index (χ4n) is 2.82. The molecule has 1 aliphatic rings. The van der Waals surface area contributed by atoms with Crippen molar-refractivity contribution in [1.82, 2.24) is 19.3 Å². The van der Waals surface area contributed by atoms with E-state index in [9.17, 15) is 9.59 Å². The summed E-state index contributed by atoms with van der Waals surface area (Å²) in [7, 11) is 0. The molecule has 6 nitrogen and oxygen atoms in total. The number of pyridine rings is 1. The van der Waals surface area contributed by atoms with E-state index in [1.165, 1.54) is 12.4 Å². The van der Waals surface area contributed by atoms with E-state index >= 15 is 0 Å². The molecule has 21 heavy (non-hydrogen) atoms. The Morgan fingerprint density at radius 3 is 2.90 bits per heavy atom. The molecule has 3 rings (SSSR count). The highest BCUT2D eigenvalue weighted by atomic mass is 16.1. The van der Waals surface area contributed by atoms with Crippen molar-refractivity contribution in [3.05, 3.63) is 45.9 Å². The summed E-state index contributed by atoms with van der Waals surface area (Å²) in [5, 5.41) is 4.18. The third-order valence-corrected chi connectivity index (χ3v) is 3.84. The molecular formula is C15H18N4O2. The van der Waals surface area contributed by atoms with Gasteiger partial charge in [0.1, 0.15) is 12.2 Å². The fraction of sp³-hybridized carbons (Fsp3) is 0.467. The summed E-state index contributed by atoms with van der Waals surface area (Å²) in [5.74, 6) is 0.880. The third-order valence-electron chi connectivity index (χ3n) is 3.84. The van der Waals surface area contributed by atoms with Crippen LogP contribution in [0.15, 0.2) is 23.3 Å². The first-order valence-electron chi connectivity index (χ1n) is 7.33. The first-order chi connectivity index (χ1) is 10.2. The summed E-state index contributed by atoms with van der Waals surface area (Å²) in [6.07, 6.45) is 4.60. The quantitative estimate of drug-likeness (QED) is 0.852. The molecule has 0 radical (unpaired) electrons. The number of hydrogen-bond acceptors (Lipinski definition) is 4. The van der Waals surface area contributed by atoms with E-state index < -0.39 is 0 Å². The minimum atomic E-state index is -0.0884. The Bertz CT molecular complexity index is 730. The summed E-state index contributed by atoms with van der Waals surface area (Å²) in [6, 6.07) is 3.13. The number of hydrogen-bond donors (Lipinski definition) is 0. The van der Waals surface area contributed by atoms with Crippen LogP contribution in [-0.2, 0) is 19.5 Å². The van der Waals surface area contributed by atoms with Crippen molar-refractivity contribution in [3.8, 4) is 0 Å². The number of fused-ring (bicyclic) bond motifs is 1. The predicted octanol–water partition coefficient (Wildman–Crippen LogP) is 1.42. The normalized spacial score (nSPS) is 14.2. The van der Waals surface area contributed by atoms with Crippen molar-refractivity contribution in [2.45, 2.75) is 45.7 Å². The van der Waals surface area contributed by atoms with E-state index in [2.05, 4.69) is 17.0 Å². The second-order valence-electron chi connectivity index (χ2n) is 5.29. The van der Waals surface area contributed by atoms with Gasteiger partial charge in [0, 0.05) is 30.3 Å². The highest BCUT2D eigenvalue weighted by molar-refractivity contribution is 5.97. The fourth-order valence-corrected chi connectivity index (χ4v) is 2.82. The lowest BCUT2D eigenvalue weighted by molar-refractivity contribution is 0.0970. The van der Waals surface area contributed by atoms with E-state index in [0.29, 0.717) is 18.5 Å². The van der Waals surface area contributed by atoms with Crippen LogP contribution in [0.3, 0.4) is 0 Å². The lowest BCUT2D eigenvalue weighted by Crippen LogP contribution is -2.29. The van der Waals surface area contributed by atoms with Crippen LogP contribution in [0.4, 0.5) is 0 Å². The van der Waals surface area contributed by atoms with Gasteiger partial charge in [0.2, 0.25) is 0 Å². The molecule has 0 aromatic carbocycles. The van der Waals surface area contributed by atoms with Crippen LogP contribution < -0.4 is 5.56 Å². The minimum Gasteiger partial charge on any atom is -0.304 e. The van der Waals surface area contributed by atoms with Gasteiger partial charge in [0.25, 0.3) is 5.56 Å². The molecule has 2 aromatic rings. The third kappa shape index (κ3) is 2.53. The van der Waals surface area contributed by atoms with Crippen LogP contribution >= 0.6 is 0 Å². The van der Waals surface area contributed by atoms with Gasteiger partial charge in [-0.1, -0.05) is 6.92 Å². The van der Waals surface area contributed by atoms with Crippen molar-refractivity contribution >= 4 is 5.78 Å². The van der Waals surface area contributed by atoms with Crippen molar-refractivity contribution in [2.24, 2.45) is 0 Å². The number of Topliss-reactive ketones (excluding diaryl/α,β-unsaturated/α-hetero) is 1. The van der Waals surface area contributed by atoms with Crippen molar-refractivity contribution in [3.63, 3.8) is 0 Å². The topological polar surface area (TPSA) is 69.8 Å². The summed E-state index contributed by atoms with van der Waals surface area (Å²) >= 11 is 0. The number of aryl methyl sites for hydroxylation is 1. The summed E-state index contributed by atoms with van der Waals surface area (Å²) < 4.78 is 3.49. The Balaban J connectivity index is 2.02. The zero-order valence-electron chi connectivity index (χ0n) is 12.1. The number of aromatic nitrogens is 4. The molecule has 0 saturated heterocycles. The van der Waals surface area contributed by atoms with E-state index in [1.807, 2.05) is 4.68 Å². The van der Waals surface area contributed by atoms with E-state index in [4.69, 9.17) is 0 Å². The largest absolute Gasteiger partial charge is 0.304 e. The van der Waals surface area contributed by atoms with Crippen LogP contribution in [0.2, 0.25) is 0 Å². The van der Waals surface area contributed by atoms with Crippen LogP contribution in [0.25, 0.3) is 0 Å². The van der Waals surface area contributed by atoms with E-state index in [1.54, 1.807) is 10.6 Å². The molecule has 0 bridgehead atoms. The average molecular weight is 286 g/mol. The zero-order valence-corrected chi connectivity index (χ0v) is 12.1. The van der Waals surface area contributed by atoms with Gasteiger partial charge in [0.05, 0.1) is 6.54 Å². The number of rotatable bonds is 4. The number of nitrogens with zero attached hydrogens (tertiary/aromatic N) is 4. The molecule has 6 heteroatoms. The predicted molar refractivity (Wildman–Crippen MR) is 77.4 cm³/mol. The Labute approximate surface area is 122 Å². The SMILES string of the molecule is CCCn1ncnc1Cn1c2c(ccc1=O)C(=O)CCC2. The maximum atomic E-state index is 12.2. The van der Waals surface area contributed by atoms with Crippen molar-refractivity contribution < 1.29 is 4.79 Å². The van der Waals surface area contributed by atoms with Crippen molar-refractivity contribution in [1.29, 1.82) is 0 Å². The Morgan fingerprint density at radius 1 is 1.24 bits per heavy atom. The standard InChI is InChI=1S/C15H18N4O2/c1-2-8-19-14(16-10-17-19)9-18-12-4-3-5-13(20)11(12)6-7-15(18)21/h6-7,10H,2-5,8-9H2,1H3. The number of carbonyl (C=O) groups is 1. The molecule has 0 atom stereocenters. The molecular weight excluding hydrogens is 268 g/mol. The van der Waals surface area contributed by atoms with Crippen LogP contribution in [-0.4, -0.2) is 25.1 Å². The van der Waals surface area contributed by atoms with Gasteiger partial charge >= 0.3 is 0 Å². The van der Waals surface area contributed by atoms with Crippen molar-refractivity contribution in [2.75, 3.05) is 0 Å². The average Bonchev–Trinajstić information content (AvgIpc) is 2.90.